The molecule has 0 aromatic carbocycles. The molecule has 19 heavy (non-hydrogen) atoms. The Morgan fingerprint density at radius 1 is 1.63 bits per heavy atom. The molecule has 104 valence electrons. The van der Waals surface area contributed by atoms with E-state index in [1.54, 1.807) is 16.2 Å². The van der Waals surface area contributed by atoms with Gasteiger partial charge in [-0.1, -0.05) is 0 Å². The summed E-state index contributed by atoms with van der Waals surface area (Å²) >= 11 is 1.55. The maximum Gasteiger partial charge on any atom is 0.305 e. The van der Waals surface area contributed by atoms with E-state index in [1.165, 1.54) is 0 Å². The molecule has 2 atom stereocenters. The minimum atomic E-state index is -0.906. The minimum absolute atomic E-state index is 0.0204. The quantitative estimate of drug-likeness (QED) is 0.910. The highest BCUT2D eigenvalue weighted by molar-refractivity contribution is 7.08. The molecule has 1 aliphatic rings. The highest BCUT2D eigenvalue weighted by Crippen LogP contribution is 2.23. The van der Waals surface area contributed by atoms with Crippen LogP contribution in [0.2, 0.25) is 0 Å². The number of morpholine rings is 1. The van der Waals surface area contributed by atoms with Crippen molar-refractivity contribution in [1.29, 1.82) is 0 Å². The van der Waals surface area contributed by atoms with Crippen molar-refractivity contribution in [3.05, 3.63) is 22.4 Å². The van der Waals surface area contributed by atoms with Crippen LogP contribution in [-0.4, -0.2) is 47.7 Å². The molecule has 1 aliphatic heterocycles. The van der Waals surface area contributed by atoms with Crippen LogP contribution in [0.5, 0.6) is 0 Å². The van der Waals surface area contributed by atoms with Crippen molar-refractivity contribution in [3.8, 4) is 0 Å². The Morgan fingerprint density at radius 2 is 2.42 bits per heavy atom. The number of rotatable bonds is 4. The lowest BCUT2D eigenvalue weighted by Crippen LogP contribution is -2.50. The zero-order valence-electron chi connectivity index (χ0n) is 10.7. The van der Waals surface area contributed by atoms with E-state index in [4.69, 9.17) is 9.84 Å². The van der Waals surface area contributed by atoms with Gasteiger partial charge in [0.15, 0.2) is 0 Å². The standard InChI is InChI=1S/C13H17NO4S/c1-9(10-2-5-19-8-10)13(17)14-3-4-18-7-11(14)6-12(15)16/h2,5,8-9,11H,3-4,6-7H2,1H3,(H,15,16). The van der Waals surface area contributed by atoms with Gasteiger partial charge in [-0.15, -0.1) is 0 Å². The molecule has 1 saturated heterocycles. The Morgan fingerprint density at radius 3 is 3.05 bits per heavy atom. The van der Waals surface area contributed by atoms with Gasteiger partial charge < -0.3 is 14.7 Å². The largest absolute Gasteiger partial charge is 0.481 e. The predicted molar refractivity (Wildman–Crippen MR) is 71.3 cm³/mol. The summed E-state index contributed by atoms with van der Waals surface area (Å²) in [6.07, 6.45) is -0.0674. The van der Waals surface area contributed by atoms with Crippen LogP contribution < -0.4 is 0 Å². The van der Waals surface area contributed by atoms with Gasteiger partial charge in [-0.3, -0.25) is 9.59 Å². The SMILES string of the molecule is CC(C(=O)N1CCOCC1CC(=O)O)c1ccsc1. The molecule has 6 heteroatoms. The minimum Gasteiger partial charge on any atom is -0.481 e. The normalized spacial score (nSPS) is 21.1. The van der Waals surface area contributed by atoms with Crippen molar-refractivity contribution < 1.29 is 19.4 Å². The number of nitrogens with zero attached hydrogens (tertiary/aromatic N) is 1. The first kappa shape index (κ1) is 14.0. The van der Waals surface area contributed by atoms with Crippen LogP contribution in [0.15, 0.2) is 16.8 Å². The number of carboxylic acids is 1. The van der Waals surface area contributed by atoms with Gasteiger partial charge in [0.2, 0.25) is 5.91 Å². The fraction of sp³-hybridized carbons (Fsp3) is 0.538. The van der Waals surface area contributed by atoms with Crippen LogP contribution in [0, 0.1) is 0 Å². The molecule has 1 fully saturated rings. The van der Waals surface area contributed by atoms with Crippen molar-refractivity contribution >= 4 is 23.2 Å². The van der Waals surface area contributed by atoms with Crippen molar-refractivity contribution in [1.82, 2.24) is 4.90 Å². The average molecular weight is 283 g/mol. The molecular weight excluding hydrogens is 266 g/mol. The van der Waals surface area contributed by atoms with Crippen molar-refractivity contribution in [2.24, 2.45) is 0 Å². The van der Waals surface area contributed by atoms with Gasteiger partial charge >= 0.3 is 5.97 Å². The van der Waals surface area contributed by atoms with E-state index < -0.39 is 5.97 Å². The lowest BCUT2D eigenvalue weighted by Gasteiger charge is -2.36. The maximum absolute atomic E-state index is 12.5. The van der Waals surface area contributed by atoms with Crippen LogP contribution in [-0.2, 0) is 14.3 Å². The monoisotopic (exact) mass is 283 g/mol. The smallest absolute Gasteiger partial charge is 0.305 e. The van der Waals surface area contributed by atoms with Gasteiger partial charge in [0.25, 0.3) is 0 Å². The van der Waals surface area contributed by atoms with E-state index in [1.807, 2.05) is 23.8 Å². The molecule has 2 heterocycles. The fourth-order valence-electron chi connectivity index (χ4n) is 2.23. The van der Waals surface area contributed by atoms with E-state index in [0.717, 1.165) is 5.56 Å². The summed E-state index contributed by atoms with van der Waals surface area (Å²) in [5, 5.41) is 12.8. The number of aliphatic carboxylic acids is 1. The number of carboxylic acid groups (broad SMARTS) is 1. The molecule has 2 rings (SSSR count). The zero-order chi connectivity index (χ0) is 13.8. The van der Waals surface area contributed by atoms with Gasteiger partial charge in [0, 0.05) is 6.54 Å². The lowest BCUT2D eigenvalue weighted by molar-refractivity contribution is -0.147. The molecule has 0 radical (unpaired) electrons. The van der Waals surface area contributed by atoms with Crippen LogP contribution >= 0.6 is 11.3 Å². The Bertz CT molecular complexity index is 446. The van der Waals surface area contributed by atoms with E-state index in [-0.39, 0.29) is 24.3 Å². The molecule has 1 N–H and O–H groups in total. The third kappa shape index (κ3) is 3.33. The molecule has 0 bridgehead atoms. The van der Waals surface area contributed by atoms with Gasteiger partial charge in [-0.2, -0.15) is 11.3 Å². The van der Waals surface area contributed by atoms with Gasteiger partial charge in [0.1, 0.15) is 0 Å². The van der Waals surface area contributed by atoms with E-state index in [9.17, 15) is 9.59 Å². The molecule has 2 unspecified atom stereocenters. The van der Waals surface area contributed by atoms with Gasteiger partial charge in [-0.25, -0.2) is 0 Å². The third-order valence-corrected chi connectivity index (χ3v) is 4.04. The summed E-state index contributed by atoms with van der Waals surface area (Å²) in [5.74, 6) is -1.16. The number of thiophene rings is 1. The molecule has 5 nitrogen and oxygen atoms in total. The first-order chi connectivity index (χ1) is 9.09. The van der Waals surface area contributed by atoms with E-state index in [0.29, 0.717) is 19.8 Å². The molecule has 0 saturated carbocycles. The molecule has 0 spiro atoms. The fourth-order valence-corrected chi connectivity index (χ4v) is 2.98. The van der Waals surface area contributed by atoms with Crippen LogP contribution in [0.3, 0.4) is 0 Å². The lowest BCUT2D eigenvalue weighted by atomic mass is 10.0. The first-order valence-electron chi connectivity index (χ1n) is 6.21. The summed E-state index contributed by atoms with van der Waals surface area (Å²) in [6, 6.07) is 1.57. The topological polar surface area (TPSA) is 66.8 Å². The Kier molecular flexibility index (Phi) is 4.55. The van der Waals surface area contributed by atoms with E-state index >= 15 is 0 Å². The summed E-state index contributed by atoms with van der Waals surface area (Å²) < 4.78 is 5.28. The molecule has 0 aliphatic carbocycles. The van der Waals surface area contributed by atoms with E-state index in [2.05, 4.69) is 0 Å². The molecular formula is C13H17NO4S. The van der Waals surface area contributed by atoms with Crippen LogP contribution in [0.4, 0.5) is 0 Å². The van der Waals surface area contributed by atoms with Gasteiger partial charge in [0.05, 0.1) is 31.6 Å². The van der Waals surface area contributed by atoms with Crippen molar-refractivity contribution in [2.75, 3.05) is 19.8 Å². The number of ether oxygens (including phenoxy) is 1. The number of carbonyl (C=O) groups is 2. The average Bonchev–Trinajstić information content (AvgIpc) is 2.91. The second-order valence-corrected chi connectivity index (χ2v) is 5.42. The van der Waals surface area contributed by atoms with Crippen LogP contribution in [0.25, 0.3) is 0 Å². The first-order valence-corrected chi connectivity index (χ1v) is 7.16. The highest BCUT2D eigenvalue weighted by Gasteiger charge is 2.32. The third-order valence-electron chi connectivity index (χ3n) is 3.33. The summed E-state index contributed by atoms with van der Waals surface area (Å²) in [4.78, 5) is 25.0. The number of hydrogen-bond donors (Lipinski definition) is 1. The number of carbonyl (C=O) groups excluding carboxylic acids is 1. The zero-order valence-corrected chi connectivity index (χ0v) is 11.6. The van der Waals surface area contributed by atoms with Crippen molar-refractivity contribution in [3.63, 3.8) is 0 Å². The second-order valence-electron chi connectivity index (χ2n) is 4.64. The van der Waals surface area contributed by atoms with Crippen LogP contribution in [0.1, 0.15) is 24.8 Å². The Balaban J connectivity index is 2.08. The molecule has 1 aromatic heterocycles. The Hall–Kier alpha value is -1.40. The molecule has 1 amide bonds. The Labute approximate surface area is 115 Å². The molecule has 1 aromatic rings. The number of hydrogen-bond acceptors (Lipinski definition) is 4. The summed E-state index contributed by atoms with van der Waals surface area (Å²) in [5.41, 5.74) is 0.982. The maximum atomic E-state index is 12.5. The van der Waals surface area contributed by atoms with Gasteiger partial charge in [-0.05, 0) is 29.3 Å². The number of amides is 1. The second kappa shape index (κ2) is 6.16. The van der Waals surface area contributed by atoms with Crippen molar-refractivity contribution in [2.45, 2.75) is 25.3 Å². The summed E-state index contributed by atoms with van der Waals surface area (Å²) in [6.45, 7) is 3.09. The predicted octanol–water partition coefficient (Wildman–Crippen LogP) is 1.55. The summed E-state index contributed by atoms with van der Waals surface area (Å²) in [7, 11) is 0. The highest BCUT2D eigenvalue weighted by atomic mass is 32.1.